The third-order valence-electron chi connectivity index (χ3n) is 1.49. The molecule has 0 saturated carbocycles. The van der Waals surface area contributed by atoms with E-state index in [1.165, 1.54) is 0 Å². The number of alkyl halides is 2. The Morgan fingerprint density at radius 1 is 1.23 bits per heavy atom. The molecule has 0 heterocycles. The van der Waals surface area contributed by atoms with E-state index in [1.54, 1.807) is 12.1 Å². The molecule has 1 nitrogen and oxygen atoms in total. The predicted molar refractivity (Wildman–Crippen MR) is 49.0 cm³/mol. The van der Waals surface area contributed by atoms with Crippen molar-refractivity contribution in [3.63, 3.8) is 0 Å². The van der Waals surface area contributed by atoms with Crippen molar-refractivity contribution < 1.29 is 13.9 Å². The van der Waals surface area contributed by atoms with E-state index in [0.29, 0.717) is 4.90 Å². The van der Waals surface area contributed by atoms with Gasteiger partial charge in [-0.25, -0.2) is 8.78 Å². The number of aliphatic hydroxyl groups excluding tert-OH is 1. The summed E-state index contributed by atoms with van der Waals surface area (Å²) in [5.41, 5.74) is -0.571. The maximum Gasteiger partial charge on any atom is 0.273 e. The zero-order valence-electron chi connectivity index (χ0n) is 7.08. The Kier molecular flexibility index (Phi) is 3.69. The Bertz CT molecular complexity index is 261. The number of benzene rings is 1. The normalized spacial score (nSPS) is 13.3. The number of rotatable bonds is 3. The Morgan fingerprint density at radius 3 is 2.23 bits per heavy atom. The molecule has 0 aliphatic heterocycles. The van der Waals surface area contributed by atoms with Gasteiger partial charge in [0.05, 0.1) is 0 Å². The molecule has 1 atom stereocenters. The summed E-state index contributed by atoms with van der Waals surface area (Å²) in [6.45, 7) is 1.91. The summed E-state index contributed by atoms with van der Waals surface area (Å²) in [7, 11) is 0. The molecule has 1 rings (SSSR count). The van der Waals surface area contributed by atoms with E-state index in [0.717, 1.165) is 17.3 Å². The maximum absolute atomic E-state index is 11.9. The first-order valence-electron chi connectivity index (χ1n) is 3.79. The Morgan fingerprint density at radius 2 is 1.77 bits per heavy atom. The summed E-state index contributed by atoms with van der Waals surface area (Å²) in [6, 6.07) is 7.07. The predicted octanol–water partition coefficient (Wildman–Crippen LogP) is 2.67. The monoisotopic (exact) mass is 204 g/mol. The average Bonchev–Trinajstić information content (AvgIpc) is 2.08. The topological polar surface area (TPSA) is 20.2 Å². The highest BCUT2D eigenvalue weighted by Crippen LogP contribution is 2.25. The summed E-state index contributed by atoms with van der Waals surface area (Å²) in [5, 5.41) is 8.86. The van der Waals surface area contributed by atoms with E-state index in [9.17, 15) is 8.78 Å². The Balaban J connectivity index is 2.59. The highest BCUT2D eigenvalue weighted by Gasteiger charge is 2.17. The van der Waals surface area contributed by atoms with Crippen LogP contribution in [0.15, 0.2) is 29.2 Å². The van der Waals surface area contributed by atoms with Crippen LogP contribution >= 0.6 is 11.8 Å². The van der Waals surface area contributed by atoms with E-state index in [4.69, 9.17) is 5.11 Å². The van der Waals surface area contributed by atoms with Crippen molar-refractivity contribution in [3.05, 3.63) is 29.8 Å². The van der Waals surface area contributed by atoms with Crippen molar-refractivity contribution in [1.29, 1.82) is 0 Å². The van der Waals surface area contributed by atoms with Crippen LogP contribution in [0, 0.1) is 6.92 Å². The first-order chi connectivity index (χ1) is 6.09. The molecule has 0 aromatic heterocycles. The smallest absolute Gasteiger partial charge is 0.273 e. The van der Waals surface area contributed by atoms with E-state index in [2.05, 4.69) is 0 Å². The molecule has 1 N–H and O–H groups in total. The molecule has 4 heteroatoms. The zero-order valence-corrected chi connectivity index (χ0v) is 7.89. The van der Waals surface area contributed by atoms with Crippen LogP contribution in [0.4, 0.5) is 8.78 Å². The van der Waals surface area contributed by atoms with Gasteiger partial charge in [0.2, 0.25) is 0 Å². The van der Waals surface area contributed by atoms with Crippen LogP contribution in [0.25, 0.3) is 0 Å². The van der Waals surface area contributed by atoms with Gasteiger partial charge >= 0.3 is 0 Å². The van der Waals surface area contributed by atoms with Crippen molar-refractivity contribution in [2.45, 2.75) is 23.7 Å². The van der Waals surface area contributed by atoms with E-state index in [-0.39, 0.29) is 0 Å². The van der Waals surface area contributed by atoms with Gasteiger partial charge in [-0.3, -0.25) is 0 Å². The molecule has 0 bridgehead atoms. The van der Waals surface area contributed by atoms with Crippen LogP contribution < -0.4 is 0 Å². The first kappa shape index (κ1) is 10.5. The van der Waals surface area contributed by atoms with Crippen molar-refractivity contribution in [2.24, 2.45) is 0 Å². The third kappa shape index (κ3) is 3.32. The molecule has 0 fully saturated rings. The minimum Gasteiger partial charge on any atom is -0.376 e. The molecule has 1 unspecified atom stereocenters. The first-order valence-corrected chi connectivity index (χ1v) is 4.67. The van der Waals surface area contributed by atoms with Crippen molar-refractivity contribution in [1.82, 2.24) is 0 Å². The van der Waals surface area contributed by atoms with Gasteiger partial charge in [-0.05, 0) is 19.1 Å². The van der Waals surface area contributed by atoms with Gasteiger partial charge in [-0.2, -0.15) is 0 Å². The second-order valence-corrected chi connectivity index (χ2v) is 3.85. The lowest BCUT2D eigenvalue weighted by Crippen LogP contribution is -2.11. The van der Waals surface area contributed by atoms with Crippen LogP contribution in [-0.4, -0.2) is 17.0 Å². The van der Waals surface area contributed by atoms with Gasteiger partial charge in [0.25, 0.3) is 6.43 Å². The van der Waals surface area contributed by atoms with Gasteiger partial charge in [0, 0.05) is 4.90 Å². The number of aliphatic hydroxyl groups is 1. The van der Waals surface area contributed by atoms with Gasteiger partial charge in [0.15, 0.2) is 5.44 Å². The fourth-order valence-electron chi connectivity index (χ4n) is 0.808. The summed E-state index contributed by atoms with van der Waals surface area (Å²) in [4.78, 5) is 0.651. The highest BCUT2D eigenvalue weighted by molar-refractivity contribution is 7.99. The SMILES string of the molecule is Cc1ccc(SC(O)C(F)F)cc1. The highest BCUT2D eigenvalue weighted by atomic mass is 32.2. The fourth-order valence-corrected chi connectivity index (χ4v) is 1.48. The summed E-state index contributed by atoms with van der Waals surface area (Å²) >= 11 is 0.766. The molecular weight excluding hydrogens is 194 g/mol. The zero-order chi connectivity index (χ0) is 9.84. The fraction of sp³-hybridized carbons (Fsp3) is 0.333. The lowest BCUT2D eigenvalue weighted by molar-refractivity contribution is 0.0482. The number of hydrogen-bond donors (Lipinski definition) is 1. The Hall–Kier alpha value is -0.610. The number of aryl methyl sites for hydroxylation is 1. The number of hydrogen-bond acceptors (Lipinski definition) is 2. The molecule has 0 spiro atoms. The van der Waals surface area contributed by atoms with E-state index < -0.39 is 11.9 Å². The van der Waals surface area contributed by atoms with Crippen molar-refractivity contribution in [3.8, 4) is 0 Å². The van der Waals surface area contributed by atoms with Crippen molar-refractivity contribution >= 4 is 11.8 Å². The van der Waals surface area contributed by atoms with Gasteiger partial charge in [-0.1, -0.05) is 29.5 Å². The van der Waals surface area contributed by atoms with Crippen LogP contribution in [0.3, 0.4) is 0 Å². The Labute approximate surface area is 79.8 Å². The van der Waals surface area contributed by atoms with Gasteiger partial charge in [-0.15, -0.1) is 0 Å². The van der Waals surface area contributed by atoms with Gasteiger partial charge < -0.3 is 5.11 Å². The van der Waals surface area contributed by atoms with Crippen LogP contribution in [0.5, 0.6) is 0 Å². The summed E-state index contributed by atoms with van der Waals surface area (Å²) < 4.78 is 23.8. The minimum absolute atomic E-state index is 0.651. The standard InChI is InChI=1S/C9H10F2OS/c1-6-2-4-7(5-3-6)13-9(12)8(10)11/h2-5,8-9,12H,1H3. The average molecular weight is 204 g/mol. The molecule has 0 aliphatic carbocycles. The third-order valence-corrected chi connectivity index (χ3v) is 2.48. The van der Waals surface area contributed by atoms with Crippen molar-refractivity contribution in [2.75, 3.05) is 0 Å². The van der Waals surface area contributed by atoms with Gasteiger partial charge in [0.1, 0.15) is 0 Å². The molecule has 72 valence electrons. The summed E-state index contributed by atoms with van der Waals surface area (Å²) in [5.74, 6) is 0. The number of halogens is 2. The molecule has 0 amide bonds. The lowest BCUT2D eigenvalue weighted by atomic mass is 10.2. The van der Waals surface area contributed by atoms with E-state index in [1.807, 2.05) is 19.1 Å². The second kappa shape index (κ2) is 4.58. The summed E-state index contributed by atoms with van der Waals surface area (Å²) in [6.07, 6.45) is -2.70. The van der Waals surface area contributed by atoms with Crippen LogP contribution in [0.2, 0.25) is 0 Å². The second-order valence-electron chi connectivity index (χ2n) is 2.66. The molecule has 0 radical (unpaired) electrons. The molecule has 1 aromatic carbocycles. The largest absolute Gasteiger partial charge is 0.376 e. The molecule has 13 heavy (non-hydrogen) atoms. The minimum atomic E-state index is -2.70. The maximum atomic E-state index is 11.9. The number of thioether (sulfide) groups is 1. The lowest BCUT2D eigenvalue weighted by Gasteiger charge is -2.08. The van der Waals surface area contributed by atoms with E-state index >= 15 is 0 Å². The molecule has 0 aliphatic rings. The molecule has 0 saturated heterocycles. The quantitative estimate of drug-likeness (QED) is 0.603. The van der Waals surface area contributed by atoms with Crippen LogP contribution in [-0.2, 0) is 0 Å². The van der Waals surface area contributed by atoms with Crippen LogP contribution in [0.1, 0.15) is 5.56 Å². The molecular formula is C9H10F2OS. The molecule has 1 aromatic rings.